The third-order valence-electron chi connectivity index (χ3n) is 5.52. The number of thiophene rings is 1. The van der Waals surface area contributed by atoms with Crippen molar-refractivity contribution < 1.29 is 9.59 Å². The van der Waals surface area contributed by atoms with E-state index in [9.17, 15) is 9.59 Å². The second-order valence-corrected chi connectivity index (χ2v) is 9.88. The van der Waals surface area contributed by atoms with Crippen molar-refractivity contribution in [1.82, 2.24) is 10.2 Å². The minimum absolute atomic E-state index is 0.0312. The molecule has 6 nitrogen and oxygen atoms in total. The Balaban J connectivity index is 1.37. The summed E-state index contributed by atoms with van der Waals surface area (Å²) in [6.45, 7) is 2.52. The molecule has 1 unspecified atom stereocenters. The van der Waals surface area contributed by atoms with E-state index in [1.807, 2.05) is 46.7 Å². The number of hydrogen-bond donors (Lipinski definition) is 1. The molecular weight excluding hydrogens is 452 g/mol. The molecule has 0 bridgehead atoms. The first-order valence-corrected chi connectivity index (χ1v) is 12.5. The highest BCUT2D eigenvalue weighted by atomic mass is 32.2. The third-order valence-corrected chi connectivity index (χ3v) is 7.42. The second-order valence-electron chi connectivity index (χ2n) is 7.91. The van der Waals surface area contributed by atoms with Gasteiger partial charge in [-0.1, -0.05) is 59.8 Å². The van der Waals surface area contributed by atoms with Crippen LogP contribution < -0.4 is 5.32 Å². The van der Waals surface area contributed by atoms with Crippen LogP contribution in [0.15, 0.2) is 76.0 Å². The van der Waals surface area contributed by atoms with Crippen molar-refractivity contribution in [2.75, 3.05) is 0 Å². The van der Waals surface area contributed by atoms with Crippen LogP contribution in [0.2, 0.25) is 0 Å². The molecule has 0 aliphatic carbocycles. The monoisotopic (exact) mass is 474 g/mol. The number of amidine groups is 2. The summed E-state index contributed by atoms with van der Waals surface area (Å²) in [6, 6.07) is 19.3. The Hall–Kier alpha value is -3.23. The number of benzene rings is 2. The number of aliphatic imine (C=N–C) groups is 2. The molecule has 1 atom stereocenters. The lowest BCUT2D eigenvalue weighted by molar-refractivity contribution is -0.126. The zero-order valence-corrected chi connectivity index (χ0v) is 19.7. The number of carbonyl (C=O) groups excluding carboxylic acids is 2. The number of nitrogens with zero attached hydrogens (tertiary/aromatic N) is 3. The molecule has 2 amide bonds. The third kappa shape index (κ3) is 4.62. The first-order valence-electron chi connectivity index (χ1n) is 10.7. The zero-order chi connectivity index (χ0) is 22.8. The van der Waals surface area contributed by atoms with Crippen molar-refractivity contribution in [3.8, 4) is 0 Å². The van der Waals surface area contributed by atoms with Crippen molar-refractivity contribution in [3.63, 3.8) is 0 Å². The molecule has 2 aliphatic rings. The summed E-state index contributed by atoms with van der Waals surface area (Å²) in [4.78, 5) is 37.7. The highest BCUT2D eigenvalue weighted by Gasteiger charge is 2.42. The van der Waals surface area contributed by atoms with E-state index in [1.165, 1.54) is 11.1 Å². The van der Waals surface area contributed by atoms with Crippen LogP contribution in [0, 0.1) is 6.92 Å². The molecule has 3 heterocycles. The van der Waals surface area contributed by atoms with Crippen molar-refractivity contribution in [2.45, 2.75) is 31.7 Å². The Bertz CT molecular complexity index is 1250. The average molecular weight is 475 g/mol. The highest BCUT2D eigenvalue weighted by molar-refractivity contribution is 8.13. The molecule has 0 fully saturated rings. The Morgan fingerprint density at radius 3 is 2.70 bits per heavy atom. The molecule has 33 heavy (non-hydrogen) atoms. The molecule has 166 valence electrons. The van der Waals surface area contributed by atoms with E-state index in [1.54, 1.807) is 23.1 Å². The summed E-state index contributed by atoms with van der Waals surface area (Å²) < 4.78 is 0. The van der Waals surface area contributed by atoms with E-state index in [0.29, 0.717) is 23.3 Å². The molecule has 2 aromatic carbocycles. The fourth-order valence-corrected chi connectivity index (χ4v) is 5.43. The van der Waals surface area contributed by atoms with Crippen LogP contribution in [-0.4, -0.2) is 33.8 Å². The van der Waals surface area contributed by atoms with Gasteiger partial charge in [-0.15, -0.1) is 11.3 Å². The molecule has 0 saturated heterocycles. The second kappa shape index (κ2) is 9.33. The largest absolute Gasteiger partial charge is 0.351 e. The van der Waals surface area contributed by atoms with Gasteiger partial charge in [0.25, 0.3) is 5.91 Å². The molecule has 0 spiro atoms. The Kier molecular flexibility index (Phi) is 6.11. The quantitative estimate of drug-likeness (QED) is 0.564. The van der Waals surface area contributed by atoms with Gasteiger partial charge in [0.2, 0.25) is 5.91 Å². The maximum absolute atomic E-state index is 12.9. The molecule has 8 heteroatoms. The van der Waals surface area contributed by atoms with Crippen LogP contribution in [0.3, 0.4) is 0 Å². The van der Waals surface area contributed by atoms with Crippen LogP contribution in [0.5, 0.6) is 0 Å². The summed E-state index contributed by atoms with van der Waals surface area (Å²) in [6.07, 6.45) is 0.0312. The summed E-state index contributed by atoms with van der Waals surface area (Å²) in [5.74, 6) is 0.793. The van der Waals surface area contributed by atoms with E-state index in [0.717, 1.165) is 16.1 Å². The van der Waals surface area contributed by atoms with E-state index < -0.39 is 6.04 Å². The predicted octanol–water partition coefficient (Wildman–Crippen LogP) is 4.65. The van der Waals surface area contributed by atoms with Gasteiger partial charge in [-0.2, -0.15) is 4.99 Å². The Morgan fingerprint density at radius 1 is 1.09 bits per heavy atom. The van der Waals surface area contributed by atoms with Crippen LogP contribution in [0.1, 0.15) is 28.0 Å². The predicted molar refractivity (Wildman–Crippen MR) is 134 cm³/mol. The van der Waals surface area contributed by atoms with Gasteiger partial charge < -0.3 is 5.32 Å². The number of aryl methyl sites for hydroxylation is 1. The first kappa shape index (κ1) is 21.6. The molecule has 1 aromatic heterocycles. The molecule has 5 rings (SSSR count). The Morgan fingerprint density at radius 2 is 1.91 bits per heavy atom. The lowest BCUT2D eigenvalue weighted by Crippen LogP contribution is -2.45. The number of nitrogens with one attached hydrogen (secondary N) is 1. The van der Waals surface area contributed by atoms with E-state index >= 15 is 0 Å². The Labute approximate surface area is 200 Å². The van der Waals surface area contributed by atoms with E-state index in [2.05, 4.69) is 41.5 Å². The number of amides is 2. The standard InChI is InChI=1S/C25H22N4O2S2/c1-16-8-10-17(11-9-16)15-33-25-27-20-7-3-2-6-19(20)23-28-24(31)21(29(23)25)13-22(30)26-14-18-5-4-12-32-18/h2-12,21H,13-15H2,1H3,(H,26,30). The van der Waals surface area contributed by atoms with Crippen LogP contribution >= 0.6 is 23.1 Å². The van der Waals surface area contributed by atoms with E-state index in [4.69, 9.17) is 4.99 Å². The highest BCUT2D eigenvalue weighted by Crippen LogP contribution is 2.35. The summed E-state index contributed by atoms with van der Waals surface area (Å²) in [7, 11) is 0. The van der Waals surface area contributed by atoms with Gasteiger partial charge in [0, 0.05) is 16.2 Å². The normalized spacial score (nSPS) is 16.7. The fraction of sp³-hybridized carbons (Fsp3) is 0.200. The number of para-hydroxylation sites is 1. The average Bonchev–Trinajstić information content (AvgIpc) is 3.45. The summed E-state index contributed by atoms with van der Waals surface area (Å²) >= 11 is 3.14. The topological polar surface area (TPSA) is 74.1 Å². The number of fused-ring (bicyclic) bond motifs is 3. The smallest absolute Gasteiger partial charge is 0.271 e. The van der Waals surface area contributed by atoms with Crippen molar-refractivity contribution in [1.29, 1.82) is 0 Å². The van der Waals surface area contributed by atoms with Crippen LogP contribution in [-0.2, 0) is 21.9 Å². The molecule has 1 N–H and O–H groups in total. The molecule has 0 saturated carbocycles. The first-order chi connectivity index (χ1) is 16.1. The van der Waals surface area contributed by atoms with Crippen molar-refractivity contribution in [3.05, 3.63) is 87.6 Å². The minimum atomic E-state index is -0.694. The van der Waals surface area contributed by atoms with Gasteiger partial charge >= 0.3 is 0 Å². The van der Waals surface area contributed by atoms with Gasteiger partial charge in [-0.3, -0.25) is 14.5 Å². The number of carbonyl (C=O) groups is 2. The molecule has 3 aromatic rings. The maximum atomic E-state index is 12.9. The van der Waals surface area contributed by atoms with E-state index in [-0.39, 0.29) is 18.2 Å². The van der Waals surface area contributed by atoms with Gasteiger partial charge in [-0.25, -0.2) is 4.99 Å². The molecular formula is C25H22N4O2S2. The van der Waals surface area contributed by atoms with Crippen molar-refractivity contribution >= 4 is 51.6 Å². The summed E-state index contributed by atoms with van der Waals surface area (Å²) in [5, 5.41) is 5.58. The van der Waals surface area contributed by atoms with Crippen LogP contribution in [0.25, 0.3) is 0 Å². The number of thioether (sulfide) groups is 1. The van der Waals surface area contributed by atoms with Crippen molar-refractivity contribution in [2.24, 2.45) is 9.98 Å². The van der Waals surface area contributed by atoms with Gasteiger partial charge in [0.1, 0.15) is 11.9 Å². The number of rotatable bonds is 6. The molecule has 0 radical (unpaired) electrons. The van der Waals surface area contributed by atoms with Gasteiger partial charge in [0.15, 0.2) is 5.17 Å². The maximum Gasteiger partial charge on any atom is 0.271 e. The minimum Gasteiger partial charge on any atom is -0.351 e. The molecule has 2 aliphatic heterocycles. The van der Waals surface area contributed by atoms with Gasteiger partial charge in [-0.05, 0) is 36.1 Å². The summed E-state index contributed by atoms with van der Waals surface area (Å²) in [5.41, 5.74) is 3.98. The fourth-order valence-electron chi connectivity index (χ4n) is 3.78. The SMILES string of the molecule is Cc1ccc(CSC2=Nc3ccccc3C3=NC(=O)C(CC(=O)NCc4cccs4)N23)cc1. The zero-order valence-electron chi connectivity index (χ0n) is 18.0. The number of hydrogen-bond acceptors (Lipinski definition) is 6. The van der Waals surface area contributed by atoms with Crippen LogP contribution in [0.4, 0.5) is 5.69 Å². The lowest BCUT2D eigenvalue weighted by atomic mass is 10.1. The lowest BCUT2D eigenvalue weighted by Gasteiger charge is -2.30. The van der Waals surface area contributed by atoms with Gasteiger partial charge in [0.05, 0.1) is 18.7 Å².